The lowest BCUT2D eigenvalue weighted by Gasteiger charge is -2.41. The van der Waals surface area contributed by atoms with Crippen molar-refractivity contribution in [1.29, 1.82) is 0 Å². The van der Waals surface area contributed by atoms with Gasteiger partial charge in [-0.05, 0) is 36.2 Å². The first kappa shape index (κ1) is 27.6. The minimum Gasteiger partial charge on any atom is -0.383 e. The van der Waals surface area contributed by atoms with Gasteiger partial charge in [-0.15, -0.1) is 0 Å². The third kappa shape index (κ3) is 5.81. The lowest BCUT2D eigenvalue weighted by atomic mass is 9.79. The molecule has 1 aliphatic heterocycles. The molecule has 2 unspecified atom stereocenters. The molecule has 0 saturated carbocycles. The van der Waals surface area contributed by atoms with E-state index < -0.39 is 12.0 Å². The Bertz CT molecular complexity index is 1430. The number of rotatable bonds is 12. The van der Waals surface area contributed by atoms with Crippen LogP contribution in [0.15, 0.2) is 85.1 Å². The molecule has 2 amide bonds. The maximum absolute atomic E-state index is 14.0. The van der Waals surface area contributed by atoms with Gasteiger partial charge in [0.2, 0.25) is 5.91 Å². The van der Waals surface area contributed by atoms with Crippen LogP contribution in [0.2, 0.25) is 0 Å². The SMILES string of the molecule is CCN(CCCNC(=O)C1c2ccccc2C(=O)N(CCOC)C1c1c[nH]c2ccccc12)Cc1ccccc1. The zero-order valence-corrected chi connectivity index (χ0v) is 23.3. The summed E-state index contributed by atoms with van der Waals surface area (Å²) in [6.07, 6.45) is 2.78. The van der Waals surface area contributed by atoms with E-state index in [-0.39, 0.29) is 11.8 Å². The van der Waals surface area contributed by atoms with Gasteiger partial charge in [0, 0.05) is 61.5 Å². The Labute approximate surface area is 236 Å². The Balaban J connectivity index is 1.39. The van der Waals surface area contributed by atoms with Crippen molar-refractivity contribution in [2.24, 2.45) is 0 Å². The predicted molar refractivity (Wildman–Crippen MR) is 158 cm³/mol. The molecule has 0 saturated heterocycles. The second kappa shape index (κ2) is 12.9. The van der Waals surface area contributed by atoms with Crippen LogP contribution in [0.5, 0.6) is 0 Å². The third-order valence-corrected chi connectivity index (χ3v) is 7.84. The number of H-pyrrole nitrogens is 1. The van der Waals surface area contributed by atoms with Crippen LogP contribution in [-0.4, -0.2) is 66.5 Å². The van der Waals surface area contributed by atoms with Crippen LogP contribution in [0.1, 0.15) is 52.4 Å². The van der Waals surface area contributed by atoms with Crippen LogP contribution in [0.4, 0.5) is 0 Å². The fourth-order valence-electron chi connectivity index (χ4n) is 5.81. The van der Waals surface area contributed by atoms with Crippen molar-refractivity contribution in [2.75, 3.05) is 39.9 Å². The highest BCUT2D eigenvalue weighted by molar-refractivity contribution is 6.02. The third-order valence-electron chi connectivity index (χ3n) is 7.84. The number of aromatic amines is 1. The monoisotopic (exact) mass is 538 g/mol. The molecule has 0 fully saturated rings. The van der Waals surface area contributed by atoms with Crippen molar-refractivity contribution in [3.05, 3.63) is 107 Å². The number of carbonyl (C=O) groups is 2. The van der Waals surface area contributed by atoms with Gasteiger partial charge in [0.15, 0.2) is 0 Å². The maximum atomic E-state index is 14.0. The van der Waals surface area contributed by atoms with Gasteiger partial charge in [0.05, 0.1) is 18.6 Å². The lowest BCUT2D eigenvalue weighted by Crippen LogP contribution is -2.48. The molecule has 0 spiro atoms. The fourth-order valence-corrected chi connectivity index (χ4v) is 5.81. The second-order valence-electron chi connectivity index (χ2n) is 10.3. The highest BCUT2D eigenvalue weighted by Crippen LogP contribution is 2.44. The molecule has 7 heteroatoms. The molecule has 5 rings (SSSR count). The van der Waals surface area contributed by atoms with Crippen LogP contribution >= 0.6 is 0 Å². The molecule has 3 aromatic carbocycles. The van der Waals surface area contributed by atoms with E-state index in [2.05, 4.69) is 46.4 Å². The topological polar surface area (TPSA) is 77.7 Å². The smallest absolute Gasteiger partial charge is 0.254 e. The first-order valence-electron chi connectivity index (χ1n) is 14.1. The summed E-state index contributed by atoms with van der Waals surface area (Å²) in [5.74, 6) is -0.688. The number of amides is 2. The molecule has 2 atom stereocenters. The van der Waals surface area contributed by atoms with Crippen LogP contribution < -0.4 is 5.32 Å². The molecular weight excluding hydrogens is 500 g/mol. The summed E-state index contributed by atoms with van der Waals surface area (Å²) in [6, 6.07) is 25.5. The Morgan fingerprint density at radius 2 is 1.75 bits per heavy atom. The average molecular weight is 539 g/mol. The lowest BCUT2D eigenvalue weighted by molar-refractivity contribution is -0.124. The highest BCUT2D eigenvalue weighted by Gasteiger charge is 2.44. The van der Waals surface area contributed by atoms with Gasteiger partial charge < -0.3 is 19.9 Å². The molecule has 1 aromatic heterocycles. The number of fused-ring (bicyclic) bond motifs is 2. The molecule has 0 bridgehead atoms. The number of hydrogen-bond acceptors (Lipinski definition) is 4. The molecule has 7 nitrogen and oxygen atoms in total. The Hall–Kier alpha value is -3.94. The van der Waals surface area contributed by atoms with Crippen molar-refractivity contribution in [3.63, 3.8) is 0 Å². The summed E-state index contributed by atoms with van der Waals surface area (Å²) >= 11 is 0. The van der Waals surface area contributed by atoms with Gasteiger partial charge >= 0.3 is 0 Å². The summed E-state index contributed by atoms with van der Waals surface area (Å²) in [6.45, 7) is 6.22. The van der Waals surface area contributed by atoms with Crippen LogP contribution in [0, 0.1) is 0 Å². The van der Waals surface area contributed by atoms with E-state index in [0.29, 0.717) is 25.3 Å². The van der Waals surface area contributed by atoms with Gasteiger partial charge in [0.1, 0.15) is 0 Å². The Kier molecular flexibility index (Phi) is 8.94. The zero-order valence-electron chi connectivity index (χ0n) is 23.3. The van der Waals surface area contributed by atoms with E-state index >= 15 is 0 Å². The number of nitrogens with one attached hydrogen (secondary N) is 2. The summed E-state index contributed by atoms with van der Waals surface area (Å²) in [5, 5.41) is 4.24. The average Bonchev–Trinajstić information content (AvgIpc) is 3.42. The van der Waals surface area contributed by atoms with E-state index in [1.54, 1.807) is 7.11 Å². The molecule has 1 aliphatic rings. The number of hydrogen-bond donors (Lipinski definition) is 2. The number of aromatic nitrogens is 1. The summed E-state index contributed by atoms with van der Waals surface area (Å²) in [4.78, 5) is 35.3. The van der Waals surface area contributed by atoms with E-state index in [9.17, 15) is 9.59 Å². The molecule has 0 radical (unpaired) electrons. The number of carbonyl (C=O) groups excluding carboxylic acids is 2. The largest absolute Gasteiger partial charge is 0.383 e. The molecule has 4 aromatic rings. The fraction of sp³-hybridized carbons (Fsp3) is 0.333. The number of methoxy groups -OCH3 is 1. The highest BCUT2D eigenvalue weighted by atomic mass is 16.5. The van der Waals surface area contributed by atoms with Gasteiger partial charge in [-0.3, -0.25) is 14.5 Å². The van der Waals surface area contributed by atoms with Crippen molar-refractivity contribution < 1.29 is 14.3 Å². The minimum absolute atomic E-state index is 0.0660. The molecule has 40 heavy (non-hydrogen) atoms. The summed E-state index contributed by atoms with van der Waals surface area (Å²) in [7, 11) is 1.63. The molecule has 208 valence electrons. The van der Waals surface area contributed by atoms with E-state index in [0.717, 1.165) is 48.1 Å². The maximum Gasteiger partial charge on any atom is 0.254 e. The zero-order chi connectivity index (χ0) is 27.9. The van der Waals surface area contributed by atoms with Gasteiger partial charge in [0.25, 0.3) is 5.91 Å². The minimum atomic E-state index is -0.545. The van der Waals surface area contributed by atoms with Crippen molar-refractivity contribution in [1.82, 2.24) is 20.1 Å². The Morgan fingerprint density at radius 3 is 2.55 bits per heavy atom. The van der Waals surface area contributed by atoms with E-state index in [1.807, 2.05) is 65.7 Å². The molecule has 2 heterocycles. The quantitative estimate of drug-likeness (QED) is 0.245. The van der Waals surface area contributed by atoms with Crippen molar-refractivity contribution in [3.8, 4) is 0 Å². The van der Waals surface area contributed by atoms with E-state index in [4.69, 9.17) is 4.74 Å². The Morgan fingerprint density at radius 1 is 1.00 bits per heavy atom. The first-order valence-corrected chi connectivity index (χ1v) is 14.1. The predicted octanol–water partition coefficient (Wildman–Crippen LogP) is 5.12. The number of benzene rings is 3. The normalized spacial score (nSPS) is 16.9. The van der Waals surface area contributed by atoms with Crippen molar-refractivity contribution >= 4 is 22.7 Å². The second-order valence-corrected chi connectivity index (χ2v) is 10.3. The number of ether oxygens (including phenoxy) is 1. The number of nitrogens with zero attached hydrogens (tertiary/aromatic N) is 2. The standard InChI is InChI=1S/C33H38N4O3/c1-3-36(23-24-12-5-4-6-13-24)19-11-18-34-32(38)30-26-15-7-8-16-27(26)33(39)37(20-21-40-2)31(30)28-22-35-29-17-10-9-14-25(28)29/h4-10,12-17,22,30-31,35H,3,11,18-21,23H2,1-2H3,(H,34,38). The van der Waals surface area contributed by atoms with Gasteiger partial charge in [-0.25, -0.2) is 0 Å². The first-order chi connectivity index (χ1) is 19.6. The summed E-state index contributed by atoms with van der Waals surface area (Å²) in [5.41, 5.74) is 4.56. The summed E-state index contributed by atoms with van der Waals surface area (Å²) < 4.78 is 5.38. The van der Waals surface area contributed by atoms with Crippen LogP contribution in [-0.2, 0) is 16.1 Å². The molecule has 2 N–H and O–H groups in total. The number of para-hydroxylation sites is 1. The van der Waals surface area contributed by atoms with E-state index in [1.165, 1.54) is 5.56 Å². The molecular formula is C33H38N4O3. The van der Waals surface area contributed by atoms with Crippen LogP contribution in [0.3, 0.4) is 0 Å². The van der Waals surface area contributed by atoms with Gasteiger partial charge in [-0.2, -0.15) is 0 Å². The van der Waals surface area contributed by atoms with Gasteiger partial charge in [-0.1, -0.05) is 73.7 Å². The molecule has 0 aliphatic carbocycles. The van der Waals surface area contributed by atoms with Crippen LogP contribution in [0.25, 0.3) is 10.9 Å². The van der Waals surface area contributed by atoms with Crippen molar-refractivity contribution in [2.45, 2.75) is 31.8 Å².